The molecule has 86 valence electrons. The summed E-state index contributed by atoms with van der Waals surface area (Å²) in [6.07, 6.45) is 3.69. The number of rotatable bonds is 2. The maximum atomic E-state index is 12.2. The number of ether oxygens (including phenoxy) is 1. The molecule has 17 heavy (non-hydrogen) atoms. The maximum Gasteiger partial charge on any atom is 0.200 e. The van der Waals surface area contributed by atoms with Crippen molar-refractivity contribution in [2.75, 3.05) is 6.61 Å². The third-order valence-corrected chi connectivity index (χ3v) is 2.99. The molecular weight excluding hydrogens is 240 g/mol. The monoisotopic (exact) mass is 248 g/mol. The van der Waals surface area contributed by atoms with Gasteiger partial charge in [0.15, 0.2) is 5.78 Å². The van der Waals surface area contributed by atoms with Crippen molar-refractivity contribution >= 4 is 17.4 Å². The van der Waals surface area contributed by atoms with Gasteiger partial charge < -0.3 is 9.15 Å². The van der Waals surface area contributed by atoms with E-state index < -0.39 is 0 Å². The number of carbonyl (C=O) groups is 1. The summed E-state index contributed by atoms with van der Waals surface area (Å²) in [6.45, 7) is 0.599. The molecule has 0 spiro atoms. The zero-order chi connectivity index (χ0) is 11.8. The molecule has 0 radical (unpaired) electrons. The van der Waals surface area contributed by atoms with Crippen molar-refractivity contribution in [3.05, 3.63) is 52.4 Å². The molecule has 1 aromatic carbocycles. The van der Waals surface area contributed by atoms with Crippen LogP contribution in [-0.2, 0) is 6.42 Å². The van der Waals surface area contributed by atoms with Gasteiger partial charge in [0.05, 0.1) is 24.0 Å². The van der Waals surface area contributed by atoms with Gasteiger partial charge in [-0.1, -0.05) is 11.6 Å². The van der Waals surface area contributed by atoms with Crippen LogP contribution in [-0.4, -0.2) is 12.4 Å². The topological polar surface area (TPSA) is 39.4 Å². The van der Waals surface area contributed by atoms with Crippen LogP contribution in [0.5, 0.6) is 5.75 Å². The fraction of sp³-hybridized carbons (Fsp3) is 0.154. The van der Waals surface area contributed by atoms with Gasteiger partial charge in [-0.25, -0.2) is 0 Å². The number of furan rings is 1. The second-order valence-electron chi connectivity index (χ2n) is 3.88. The summed E-state index contributed by atoms with van der Waals surface area (Å²) in [5.41, 5.74) is 2.00. The van der Waals surface area contributed by atoms with E-state index in [2.05, 4.69) is 0 Å². The summed E-state index contributed by atoms with van der Waals surface area (Å²) in [5.74, 6) is 0.528. The zero-order valence-electron chi connectivity index (χ0n) is 8.90. The zero-order valence-corrected chi connectivity index (χ0v) is 9.66. The third-order valence-electron chi connectivity index (χ3n) is 2.78. The molecule has 2 aromatic rings. The highest BCUT2D eigenvalue weighted by Gasteiger charge is 2.23. The van der Waals surface area contributed by atoms with Gasteiger partial charge in [-0.15, -0.1) is 0 Å². The second-order valence-corrected chi connectivity index (χ2v) is 4.32. The van der Waals surface area contributed by atoms with Gasteiger partial charge in [0, 0.05) is 11.4 Å². The number of hydrogen-bond acceptors (Lipinski definition) is 3. The Kier molecular flexibility index (Phi) is 2.41. The third kappa shape index (κ3) is 1.72. The van der Waals surface area contributed by atoms with Gasteiger partial charge >= 0.3 is 0 Å². The Balaban J connectivity index is 2.12. The van der Waals surface area contributed by atoms with Crippen molar-refractivity contribution in [3.63, 3.8) is 0 Å². The fourth-order valence-corrected chi connectivity index (χ4v) is 2.23. The minimum absolute atomic E-state index is 0.126. The van der Waals surface area contributed by atoms with E-state index in [4.69, 9.17) is 20.8 Å². The molecule has 0 bridgehead atoms. The Hall–Kier alpha value is -1.74. The summed E-state index contributed by atoms with van der Waals surface area (Å²) in [6, 6.07) is 5.11. The van der Waals surface area contributed by atoms with Gasteiger partial charge in [-0.2, -0.15) is 0 Å². The standard InChI is InChI=1S/C13H9ClO3/c14-10-5-8-2-4-17-13(8)11(6-10)12(15)9-1-3-16-7-9/h1,3,5-7H,2,4H2. The molecule has 1 aromatic heterocycles. The van der Waals surface area contributed by atoms with Crippen molar-refractivity contribution < 1.29 is 13.9 Å². The Morgan fingerprint density at radius 1 is 1.35 bits per heavy atom. The van der Waals surface area contributed by atoms with Gasteiger partial charge in [0.25, 0.3) is 0 Å². The van der Waals surface area contributed by atoms with Crippen LogP contribution < -0.4 is 4.74 Å². The van der Waals surface area contributed by atoms with E-state index in [-0.39, 0.29) is 5.78 Å². The van der Waals surface area contributed by atoms with Crippen LogP contribution in [0.1, 0.15) is 21.5 Å². The molecule has 0 unspecified atom stereocenters. The molecule has 0 saturated carbocycles. The van der Waals surface area contributed by atoms with Crippen molar-refractivity contribution in [1.29, 1.82) is 0 Å². The average Bonchev–Trinajstić information content (AvgIpc) is 2.97. The van der Waals surface area contributed by atoms with E-state index in [0.29, 0.717) is 28.5 Å². The van der Waals surface area contributed by atoms with E-state index in [9.17, 15) is 4.79 Å². The first kappa shape index (κ1) is 10.4. The minimum Gasteiger partial charge on any atom is -0.492 e. The number of carbonyl (C=O) groups excluding carboxylic acids is 1. The first-order valence-corrected chi connectivity index (χ1v) is 5.65. The van der Waals surface area contributed by atoms with Crippen LogP contribution in [0, 0.1) is 0 Å². The van der Waals surface area contributed by atoms with E-state index in [1.165, 1.54) is 12.5 Å². The molecule has 0 N–H and O–H groups in total. The molecule has 1 aliphatic rings. The lowest BCUT2D eigenvalue weighted by molar-refractivity contribution is 0.103. The molecule has 1 aliphatic heterocycles. The highest BCUT2D eigenvalue weighted by molar-refractivity contribution is 6.31. The predicted molar refractivity (Wildman–Crippen MR) is 62.8 cm³/mol. The van der Waals surface area contributed by atoms with E-state index in [1.807, 2.05) is 6.07 Å². The summed E-state index contributed by atoms with van der Waals surface area (Å²) >= 11 is 6.00. The van der Waals surface area contributed by atoms with Crippen LogP contribution in [0.3, 0.4) is 0 Å². The van der Waals surface area contributed by atoms with Crippen LogP contribution in [0.15, 0.2) is 35.1 Å². The quantitative estimate of drug-likeness (QED) is 0.767. The molecule has 0 aliphatic carbocycles. The molecule has 3 nitrogen and oxygen atoms in total. The Bertz CT molecular complexity index is 573. The summed E-state index contributed by atoms with van der Waals surface area (Å²) in [5, 5.41) is 0.557. The molecule has 2 heterocycles. The van der Waals surface area contributed by atoms with Crippen molar-refractivity contribution in [3.8, 4) is 5.75 Å². The first-order chi connectivity index (χ1) is 8.25. The van der Waals surface area contributed by atoms with Crippen LogP contribution >= 0.6 is 11.6 Å². The number of hydrogen-bond donors (Lipinski definition) is 0. The lowest BCUT2D eigenvalue weighted by atomic mass is 10.0. The fourth-order valence-electron chi connectivity index (χ4n) is 1.99. The molecular formula is C13H9ClO3. The number of ketones is 1. The van der Waals surface area contributed by atoms with Crippen molar-refractivity contribution in [2.45, 2.75) is 6.42 Å². The lowest BCUT2D eigenvalue weighted by Crippen LogP contribution is -2.02. The molecule has 0 amide bonds. The molecule has 0 fully saturated rings. The van der Waals surface area contributed by atoms with Gasteiger partial charge in [-0.05, 0) is 23.8 Å². The maximum absolute atomic E-state index is 12.2. The summed E-state index contributed by atoms with van der Waals surface area (Å²) in [4.78, 5) is 12.2. The van der Waals surface area contributed by atoms with Gasteiger partial charge in [0.1, 0.15) is 12.0 Å². The Labute approximate surface area is 103 Å². The summed E-state index contributed by atoms with van der Waals surface area (Å²) < 4.78 is 10.4. The van der Waals surface area contributed by atoms with Crippen molar-refractivity contribution in [1.82, 2.24) is 0 Å². The van der Waals surface area contributed by atoms with Gasteiger partial charge in [-0.3, -0.25) is 4.79 Å². The highest BCUT2D eigenvalue weighted by Crippen LogP contribution is 2.34. The molecule has 3 rings (SSSR count). The molecule has 4 heteroatoms. The van der Waals surface area contributed by atoms with E-state index in [1.54, 1.807) is 12.1 Å². The predicted octanol–water partition coefficient (Wildman–Crippen LogP) is 3.10. The highest BCUT2D eigenvalue weighted by atomic mass is 35.5. The minimum atomic E-state index is -0.126. The van der Waals surface area contributed by atoms with Gasteiger partial charge in [0.2, 0.25) is 0 Å². The first-order valence-electron chi connectivity index (χ1n) is 5.28. The lowest BCUT2D eigenvalue weighted by Gasteiger charge is -2.06. The largest absolute Gasteiger partial charge is 0.492 e. The van der Waals surface area contributed by atoms with Crippen LogP contribution in [0.25, 0.3) is 0 Å². The van der Waals surface area contributed by atoms with E-state index >= 15 is 0 Å². The van der Waals surface area contributed by atoms with Crippen molar-refractivity contribution in [2.24, 2.45) is 0 Å². The normalized spacial score (nSPS) is 13.2. The molecule has 0 atom stereocenters. The number of benzene rings is 1. The number of fused-ring (bicyclic) bond motifs is 1. The average molecular weight is 249 g/mol. The Morgan fingerprint density at radius 2 is 2.24 bits per heavy atom. The SMILES string of the molecule is O=C(c1ccoc1)c1cc(Cl)cc2c1OCC2. The smallest absolute Gasteiger partial charge is 0.200 e. The second kappa shape index (κ2) is 3.93. The van der Waals surface area contributed by atoms with Crippen LogP contribution in [0.4, 0.5) is 0 Å². The molecule has 0 saturated heterocycles. The summed E-state index contributed by atoms with van der Waals surface area (Å²) in [7, 11) is 0. The Morgan fingerprint density at radius 3 is 3.00 bits per heavy atom. The van der Waals surface area contributed by atoms with E-state index in [0.717, 1.165) is 12.0 Å². The van der Waals surface area contributed by atoms with Crippen LogP contribution in [0.2, 0.25) is 5.02 Å². The number of halogens is 1.